The molecule has 2 heteroatoms. The Morgan fingerprint density at radius 1 is 1.24 bits per heavy atom. The summed E-state index contributed by atoms with van der Waals surface area (Å²) in [5, 5.41) is 3.55. The van der Waals surface area contributed by atoms with Gasteiger partial charge in [-0.2, -0.15) is 0 Å². The summed E-state index contributed by atoms with van der Waals surface area (Å²) in [4.78, 5) is 0. The van der Waals surface area contributed by atoms with Crippen LogP contribution in [0, 0.1) is 5.92 Å². The van der Waals surface area contributed by atoms with E-state index >= 15 is 0 Å². The van der Waals surface area contributed by atoms with Gasteiger partial charge in [-0.3, -0.25) is 0 Å². The van der Waals surface area contributed by atoms with E-state index in [1.165, 1.54) is 11.1 Å². The Morgan fingerprint density at radius 3 is 2.38 bits per heavy atom. The molecule has 0 aliphatic carbocycles. The molecule has 1 aromatic carbocycles. The van der Waals surface area contributed by atoms with Gasteiger partial charge in [0, 0.05) is 13.1 Å². The fraction of sp³-hybridized carbons (Fsp3) is 0.684. The average Bonchev–Trinajstić information content (AvgIpc) is 2.36. The highest BCUT2D eigenvalue weighted by molar-refractivity contribution is 5.29. The van der Waals surface area contributed by atoms with E-state index < -0.39 is 0 Å². The minimum atomic E-state index is -0.0558. The lowest BCUT2D eigenvalue weighted by molar-refractivity contribution is -0.117. The molecular formula is C19H31NO. The summed E-state index contributed by atoms with van der Waals surface area (Å²) in [6.45, 7) is 15.4. The lowest BCUT2D eigenvalue weighted by Crippen LogP contribution is -2.49. The van der Waals surface area contributed by atoms with Crippen molar-refractivity contribution in [3.05, 3.63) is 35.4 Å². The van der Waals surface area contributed by atoms with Gasteiger partial charge in [-0.15, -0.1) is 0 Å². The molecule has 21 heavy (non-hydrogen) atoms. The molecule has 2 rings (SSSR count). The molecule has 0 spiro atoms. The third-order valence-electron chi connectivity index (χ3n) is 4.24. The zero-order valence-electron chi connectivity index (χ0n) is 14.5. The maximum atomic E-state index is 6.43. The number of ether oxygens (including phenoxy) is 1. The van der Waals surface area contributed by atoms with E-state index in [0.29, 0.717) is 5.92 Å². The van der Waals surface area contributed by atoms with E-state index in [-0.39, 0.29) is 17.1 Å². The summed E-state index contributed by atoms with van der Waals surface area (Å²) in [6.07, 6.45) is 1.26. The molecule has 118 valence electrons. The first-order chi connectivity index (χ1) is 9.70. The van der Waals surface area contributed by atoms with Gasteiger partial charge >= 0.3 is 0 Å². The normalized spacial score (nSPS) is 27.1. The van der Waals surface area contributed by atoms with Crippen LogP contribution in [-0.2, 0) is 10.2 Å². The van der Waals surface area contributed by atoms with Crippen molar-refractivity contribution in [3.63, 3.8) is 0 Å². The maximum absolute atomic E-state index is 6.43. The zero-order chi connectivity index (χ0) is 15.7. The number of benzene rings is 1. The average molecular weight is 289 g/mol. The van der Waals surface area contributed by atoms with E-state index in [9.17, 15) is 0 Å². The first-order valence-electron chi connectivity index (χ1n) is 8.19. The number of nitrogens with one attached hydrogen (secondary N) is 1. The third-order valence-corrected chi connectivity index (χ3v) is 4.24. The number of hydrogen-bond donors (Lipinski definition) is 1. The highest BCUT2D eigenvalue weighted by Crippen LogP contribution is 2.32. The summed E-state index contributed by atoms with van der Waals surface area (Å²) in [5.41, 5.74) is 2.81. The van der Waals surface area contributed by atoms with Crippen LogP contribution in [0.15, 0.2) is 24.3 Å². The lowest BCUT2D eigenvalue weighted by atomic mass is 9.86. The Bertz CT molecular complexity index is 457. The molecule has 0 aromatic heterocycles. The molecule has 2 nitrogen and oxygen atoms in total. The van der Waals surface area contributed by atoms with Crippen LogP contribution >= 0.6 is 0 Å². The van der Waals surface area contributed by atoms with Crippen LogP contribution < -0.4 is 5.32 Å². The zero-order valence-corrected chi connectivity index (χ0v) is 14.5. The second kappa shape index (κ2) is 6.10. The van der Waals surface area contributed by atoms with Crippen molar-refractivity contribution in [1.82, 2.24) is 5.32 Å². The van der Waals surface area contributed by atoms with Crippen molar-refractivity contribution in [1.29, 1.82) is 0 Å². The fourth-order valence-corrected chi connectivity index (χ4v) is 3.26. The first-order valence-corrected chi connectivity index (χ1v) is 8.19. The summed E-state index contributed by atoms with van der Waals surface area (Å²) in [6, 6.07) is 8.95. The van der Waals surface area contributed by atoms with Crippen LogP contribution in [0.2, 0.25) is 0 Å². The molecule has 0 bridgehead atoms. The van der Waals surface area contributed by atoms with E-state index in [1.54, 1.807) is 0 Å². The van der Waals surface area contributed by atoms with Crippen LogP contribution in [0.1, 0.15) is 65.2 Å². The SMILES string of the molecule is CC(C)CC1(C)CNCC(c2ccc(C(C)(C)C)cc2)O1. The minimum Gasteiger partial charge on any atom is -0.365 e. The Morgan fingerprint density at radius 2 is 1.86 bits per heavy atom. The van der Waals surface area contributed by atoms with Crippen molar-refractivity contribution in [3.8, 4) is 0 Å². The van der Waals surface area contributed by atoms with E-state index in [1.807, 2.05) is 0 Å². The van der Waals surface area contributed by atoms with Crippen molar-refractivity contribution < 1.29 is 4.74 Å². The molecule has 2 atom stereocenters. The number of morpholine rings is 1. The molecular weight excluding hydrogens is 258 g/mol. The van der Waals surface area contributed by atoms with Crippen LogP contribution in [0.5, 0.6) is 0 Å². The highest BCUT2D eigenvalue weighted by atomic mass is 16.5. The Hall–Kier alpha value is -0.860. The Kier molecular flexibility index (Phi) is 4.79. The molecule has 1 aromatic rings. The monoisotopic (exact) mass is 289 g/mol. The predicted molar refractivity (Wildman–Crippen MR) is 89.7 cm³/mol. The Balaban J connectivity index is 2.11. The third kappa shape index (κ3) is 4.31. The van der Waals surface area contributed by atoms with Crippen molar-refractivity contribution >= 4 is 0 Å². The molecule has 0 radical (unpaired) electrons. The summed E-state index contributed by atoms with van der Waals surface area (Å²) >= 11 is 0. The predicted octanol–water partition coefficient (Wildman–Crippen LogP) is 4.45. The molecule has 2 unspecified atom stereocenters. The minimum absolute atomic E-state index is 0.0558. The van der Waals surface area contributed by atoms with Crippen LogP contribution in [0.4, 0.5) is 0 Å². The van der Waals surface area contributed by atoms with Gasteiger partial charge in [0.1, 0.15) is 0 Å². The Labute approximate surface area is 130 Å². The van der Waals surface area contributed by atoms with Gasteiger partial charge in [0.05, 0.1) is 11.7 Å². The maximum Gasteiger partial charge on any atom is 0.0957 e. The molecule has 0 saturated carbocycles. The smallest absolute Gasteiger partial charge is 0.0957 e. The van der Waals surface area contributed by atoms with Crippen molar-refractivity contribution in [2.24, 2.45) is 5.92 Å². The number of rotatable bonds is 3. The quantitative estimate of drug-likeness (QED) is 0.887. The van der Waals surface area contributed by atoms with Gasteiger partial charge < -0.3 is 10.1 Å². The molecule has 1 aliphatic heterocycles. The summed E-state index contributed by atoms with van der Waals surface area (Å²) in [7, 11) is 0. The van der Waals surface area contributed by atoms with Crippen molar-refractivity contribution in [2.75, 3.05) is 13.1 Å². The van der Waals surface area contributed by atoms with Gasteiger partial charge in [0.25, 0.3) is 0 Å². The fourth-order valence-electron chi connectivity index (χ4n) is 3.26. The standard InChI is InChI=1S/C19H31NO/c1-14(2)11-19(6)13-20-12-17(21-19)15-7-9-16(10-8-15)18(3,4)5/h7-10,14,17,20H,11-13H2,1-6H3. The van der Waals surface area contributed by atoms with E-state index in [4.69, 9.17) is 4.74 Å². The number of hydrogen-bond acceptors (Lipinski definition) is 2. The second-order valence-electron chi connectivity index (χ2n) is 8.16. The molecule has 0 amide bonds. The van der Waals surface area contributed by atoms with Gasteiger partial charge in [0.15, 0.2) is 0 Å². The van der Waals surface area contributed by atoms with Gasteiger partial charge in [0.2, 0.25) is 0 Å². The van der Waals surface area contributed by atoms with Gasteiger partial charge in [-0.25, -0.2) is 0 Å². The largest absolute Gasteiger partial charge is 0.365 e. The van der Waals surface area contributed by atoms with Gasteiger partial charge in [-0.1, -0.05) is 58.9 Å². The molecule has 1 heterocycles. The van der Waals surface area contributed by atoms with Gasteiger partial charge in [-0.05, 0) is 35.8 Å². The van der Waals surface area contributed by atoms with Crippen LogP contribution in [0.3, 0.4) is 0 Å². The van der Waals surface area contributed by atoms with E-state index in [2.05, 4.69) is 71.1 Å². The second-order valence-corrected chi connectivity index (χ2v) is 8.16. The molecule has 1 saturated heterocycles. The highest BCUT2D eigenvalue weighted by Gasteiger charge is 2.34. The van der Waals surface area contributed by atoms with E-state index in [0.717, 1.165) is 19.5 Å². The lowest BCUT2D eigenvalue weighted by Gasteiger charge is -2.40. The summed E-state index contributed by atoms with van der Waals surface area (Å²) < 4.78 is 6.43. The molecule has 1 N–H and O–H groups in total. The van der Waals surface area contributed by atoms with Crippen molar-refractivity contribution in [2.45, 2.75) is 65.1 Å². The first kappa shape index (κ1) is 16.5. The van der Waals surface area contributed by atoms with Crippen LogP contribution in [0.25, 0.3) is 0 Å². The topological polar surface area (TPSA) is 21.3 Å². The van der Waals surface area contributed by atoms with Crippen LogP contribution in [-0.4, -0.2) is 18.7 Å². The summed E-state index contributed by atoms with van der Waals surface area (Å²) in [5.74, 6) is 0.652. The molecule has 1 aliphatic rings. The molecule has 1 fully saturated rings.